The fraction of sp³-hybridized carbons (Fsp3) is 0.364. The van der Waals surface area contributed by atoms with Crippen LogP contribution < -0.4 is 0 Å². The maximum atomic E-state index is 12.0. The van der Waals surface area contributed by atoms with Crippen LogP contribution in [0, 0.1) is 0 Å². The summed E-state index contributed by atoms with van der Waals surface area (Å²) in [4.78, 5) is 28.2. The van der Waals surface area contributed by atoms with E-state index in [0.717, 1.165) is 0 Å². The number of carbonyl (C=O) groups excluding carboxylic acids is 1. The minimum atomic E-state index is -1.18. The van der Waals surface area contributed by atoms with Gasteiger partial charge in [0.25, 0.3) is 5.91 Å². The topological polar surface area (TPSA) is 90.7 Å². The van der Waals surface area contributed by atoms with Crippen LogP contribution >= 0.6 is 0 Å². The molecule has 1 aromatic rings. The summed E-state index contributed by atoms with van der Waals surface area (Å²) in [6, 6.07) is 2.81. The van der Waals surface area contributed by atoms with Crippen LogP contribution in [0.15, 0.2) is 18.3 Å². The van der Waals surface area contributed by atoms with E-state index in [1.54, 1.807) is 0 Å². The number of amides is 1. The van der Waals surface area contributed by atoms with E-state index in [4.69, 9.17) is 5.11 Å². The third-order valence-corrected chi connectivity index (χ3v) is 2.69. The van der Waals surface area contributed by atoms with E-state index < -0.39 is 18.0 Å². The Bertz CT molecular complexity index is 461. The van der Waals surface area contributed by atoms with Crippen molar-refractivity contribution in [2.45, 2.75) is 12.5 Å². The fourth-order valence-electron chi connectivity index (χ4n) is 1.82. The molecular formula is C11H12N2O4. The van der Waals surface area contributed by atoms with Crippen LogP contribution in [0.5, 0.6) is 0 Å². The van der Waals surface area contributed by atoms with E-state index >= 15 is 0 Å². The zero-order valence-corrected chi connectivity index (χ0v) is 9.04. The second kappa shape index (κ2) is 4.50. The molecule has 2 heterocycles. The molecule has 2 N–H and O–H groups in total. The highest BCUT2D eigenvalue weighted by atomic mass is 16.4. The molecule has 1 saturated heterocycles. The van der Waals surface area contributed by atoms with Crippen LogP contribution in [-0.4, -0.2) is 51.2 Å². The number of likely N-dealkylation sites (tertiary alicyclic amines) is 1. The van der Waals surface area contributed by atoms with Crippen LogP contribution in [0.1, 0.15) is 27.3 Å². The van der Waals surface area contributed by atoms with Gasteiger partial charge in [-0.25, -0.2) is 4.79 Å². The molecule has 1 amide bonds. The highest BCUT2D eigenvalue weighted by molar-refractivity contribution is 6.03. The fourth-order valence-corrected chi connectivity index (χ4v) is 1.82. The first kappa shape index (κ1) is 11.5. The van der Waals surface area contributed by atoms with Gasteiger partial charge in [-0.05, 0) is 18.6 Å². The first-order valence-electron chi connectivity index (χ1n) is 5.25. The van der Waals surface area contributed by atoms with Gasteiger partial charge in [-0.1, -0.05) is 0 Å². The molecule has 6 heteroatoms. The molecule has 0 saturated carbocycles. The van der Waals surface area contributed by atoms with Gasteiger partial charge in [-0.2, -0.15) is 0 Å². The van der Waals surface area contributed by atoms with Crippen molar-refractivity contribution in [3.05, 3.63) is 29.6 Å². The Morgan fingerprint density at radius 2 is 2.24 bits per heavy atom. The van der Waals surface area contributed by atoms with Gasteiger partial charge in [0, 0.05) is 19.3 Å². The molecule has 0 aromatic carbocycles. The van der Waals surface area contributed by atoms with Gasteiger partial charge in [0.05, 0.1) is 11.7 Å². The lowest BCUT2D eigenvalue weighted by Crippen LogP contribution is -2.31. The summed E-state index contributed by atoms with van der Waals surface area (Å²) in [7, 11) is 0. The maximum absolute atomic E-state index is 12.0. The third kappa shape index (κ3) is 2.26. The minimum absolute atomic E-state index is 0.0749. The van der Waals surface area contributed by atoms with Crippen molar-refractivity contribution in [2.24, 2.45) is 0 Å². The molecule has 1 aromatic heterocycles. The molecule has 1 atom stereocenters. The molecule has 1 aliphatic rings. The summed E-state index contributed by atoms with van der Waals surface area (Å²) in [5, 5.41) is 18.3. The van der Waals surface area contributed by atoms with E-state index in [1.807, 2.05) is 0 Å². The number of hydrogen-bond donors (Lipinski definition) is 2. The summed E-state index contributed by atoms with van der Waals surface area (Å²) >= 11 is 0. The SMILES string of the molecule is O=C(O)c1cccnc1C(=O)N1CC[C@H](O)C1. The number of nitrogens with zero attached hydrogens (tertiary/aromatic N) is 2. The number of carboxylic acids is 1. The third-order valence-electron chi connectivity index (χ3n) is 2.69. The molecule has 0 spiro atoms. The van der Waals surface area contributed by atoms with Gasteiger partial charge in [0.1, 0.15) is 5.69 Å². The minimum Gasteiger partial charge on any atom is -0.478 e. The summed E-state index contributed by atoms with van der Waals surface area (Å²) in [6.07, 6.45) is 1.36. The summed E-state index contributed by atoms with van der Waals surface area (Å²) in [6.45, 7) is 0.657. The average Bonchev–Trinajstić information content (AvgIpc) is 2.75. The van der Waals surface area contributed by atoms with Gasteiger partial charge >= 0.3 is 5.97 Å². The highest BCUT2D eigenvalue weighted by Crippen LogP contribution is 2.14. The molecule has 1 fully saturated rings. The van der Waals surface area contributed by atoms with E-state index in [-0.39, 0.29) is 17.8 Å². The lowest BCUT2D eigenvalue weighted by molar-refractivity contribution is 0.0675. The van der Waals surface area contributed by atoms with Gasteiger partial charge in [0.15, 0.2) is 0 Å². The lowest BCUT2D eigenvalue weighted by Gasteiger charge is -2.15. The molecule has 0 unspecified atom stereocenters. The number of rotatable bonds is 2. The van der Waals surface area contributed by atoms with Gasteiger partial charge in [-0.15, -0.1) is 0 Å². The summed E-state index contributed by atoms with van der Waals surface area (Å²) in [5.41, 5.74) is -0.187. The Labute approximate surface area is 97.5 Å². The second-order valence-electron chi connectivity index (χ2n) is 3.90. The Morgan fingerprint density at radius 1 is 1.47 bits per heavy atom. The quantitative estimate of drug-likeness (QED) is 0.753. The summed E-state index contributed by atoms with van der Waals surface area (Å²) < 4.78 is 0. The molecule has 2 rings (SSSR count). The molecule has 0 radical (unpaired) electrons. The maximum Gasteiger partial charge on any atom is 0.338 e. The monoisotopic (exact) mass is 236 g/mol. The van der Waals surface area contributed by atoms with Crippen LogP contribution in [0.3, 0.4) is 0 Å². The van der Waals surface area contributed by atoms with Crippen LogP contribution in [0.2, 0.25) is 0 Å². The van der Waals surface area contributed by atoms with Gasteiger partial charge < -0.3 is 15.1 Å². The molecule has 17 heavy (non-hydrogen) atoms. The number of carbonyl (C=O) groups is 2. The molecular weight excluding hydrogens is 224 g/mol. The zero-order valence-electron chi connectivity index (χ0n) is 9.04. The predicted molar refractivity (Wildman–Crippen MR) is 57.7 cm³/mol. The summed E-state index contributed by atoms with van der Waals surface area (Å²) in [5.74, 6) is -1.62. The smallest absolute Gasteiger partial charge is 0.338 e. The second-order valence-corrected chi connectivity index (χ2v) is 3.90. The molecule has 0 aliphatic carbocycles. The van der Waals surface area contributed by atoms with Crippen molar-refractivity contribution in [1.82, 2.24) is 9.88 Å². The number of aliphatic hydroxyl groups excluding tert-OH is 1. The van der Waals surface area contributed by atoms with Gasteiger partial charge in [0.2, 0.25) is 0 Å². The van der Waals surface area contributed by atoms with E-state index in [2.05, 4.69) is 4.98 Å². The largest absolute Gasteiger partial charge is 0.478 e. The van der Waals surface area contributed by atoms with Crippen molar-refractivity contribution in [3.63, 3.8) is 0 Å². The Morgan fingerprint density at radius 3 is 2.82 bits per heavy atom. The number of aromatic nitrogens is 1. The van der Waals surface area contributed by atoms with E-state index in [1.165, 1.54) is 23.2 Å². The molecule has 0 bridgehead atoms. The van der Waals surface area contributed by atoms with Crippen LogP contribution in [0.4, 0.5) is 0 Å². The first-order chi connectivity index (χ1) is 8.09. The number of carboxylic acid groups (broad SMARTS) is 1. The molecule has 90 valence electrons. The Balaban J connectivity index is 2.28. The van der Waals surface area contributed by atoms with Crippen molar-refractivity contribution < 1.29 is 19.8 Å². The zero-order chi connectivity index (χ0) is 12.4. The van der Waals surface area contributed by atoms with E-state index in [9.17, 15) is 14.7 Å². The van der Waals surface area contributed by atoms with Crippen LogP contribution in [-0.2, 0) is 0 Å². The number of hydrogen-bond acceptors (Lipinski definition) is 4. The van der Waals surface area contributed by atoms with E-state index in [0.29, 0.717) is 13.0 Å². The van der Waals surface area contributed by atoms with Crippen LogP contribution in [0.25, 0.3) is 0 Å². The number of aliphatic hydroxyl groups is 1. The van der Waals surface area contributed by atoms with Crippen molar-refractivity contribution in [3.8, 4) is 0 Å². The Hall–Kier alpha value is -1.95. The molecule has 1 aliphatic heterocycles. The number of β-amino-alcohol motifs (C(OH)–C–C–N with tert-alkyl or cyclic N) is 1. The predicted octanol–water partition coefficient (Wildman–Crippen LogP) is -0.0134. The standard InChI is InChI=1S/C11H12N2O4/c14-7-3-5-13(6-7)10(15)9-8(11(16)17)2-1-4-12-9/h1-2,4,7,14H,3,5-6H2,(H,16,17)/t7-/m0/s1. The number of pyridine rings is 1. The average molecular weight is 236 g/mol. The molecule has 6 nitrogen and oxygen atoms in total. The Kier molecular flexibility index (Phi) is 3.06. The normalized spacial score (nSPS) is 19.4. The van der Waals surface area contributed by atoms with Crippen molar-refractivity contribution >= 4 is 11.9 Å². The van der Waals surface area contributed by atoms with Crippen molar-refractivity contribution in [2.75, 3.05) is 13.1 Å². The van der Waals surface area contributed by atoms with Crippen molar-refractivity contribution in [1.29, 1.82) is 0 Å². The van der Waals surface area contributed by atoms with Gasteiger partial charge in [-0.3, -0.25) is 9.78 Å². The number of aromatic carboxylic acids is 1. The highest BCUT2D eigenvalue weighted by Gasteiger charge is 2.28. The first-order valence-corrected chi connectivity index (χ1v) is 5.25. The lowest BCUT2D eigenvalue weighted by atomic mass is 10.2.